The second-order valence-electron chi connectivity index (χ2n) is 5.27. The van der Waals surface area contributed by atoms with E-state index in [1.54, 1.807) is 7.11 Å². The summed E-state index contributed by atoms with van der Waals surface area (Å²) in [5, 5.41) is 4.31. The Morgan fingerprint density at radius 3 is 2.67 bits per heavy atom. The molecule has 2 rings (SSSR count). The molecule has 18 heavy (non-hydrogen) atoms. The molecule has 0 spiro atoms. The molecule has 0 amide bonds. The van der Waals surface area contributed by atoms with Crippen molar-refractivity contribution < 1.29 is 4.74 Å². The second kappa shape index (κ2) is 5.94. The van der Waals surface area contributed by atoms with Crippen LogP contribution in [-0.4, -0.2) is 13.7 Å². The van der Waals surface area contributed by atoms with E-state index in [-0.39, 0.29) is 0 Å². The van der Waals surface area contributed by atoms with Gasteiger partial charge < -0.3 is 10.1 Å². The summed E-state index contributed by atoms with van der Waals surface area (Å²) in [7, 11) is 1.67. The Morgan fingerprint density at radius 1 is 1.33 bits per heavy atom. The van der Waals surface area contributed by atoms with Crippen molar-refractivity contribution in [2.24, 2.45) is 0 Å². The second-order valence-corrected chi connectivity index (χ2v) is 5.68. The SMILES string of the molecule is COc1cc(C(C)C)c(C2CCCCN2)cc1Cl. The van der Waals surface area contributed by atoms with E-state index in [0.717, 1.165) is 12.3 Å². The van der Waals surface area contributed by atoms with E-state index in [0.29, 0.717) is 17.0 Å². The molecule has 1 saturated heterocycles. The highest BCUT2D eigenvalue weighted by Crippen LogP contribution is 2.36. The average Bonchev–Trinajstić information content (AvgIpc) is 2.39. The largest absolute Gasteiger partial charge is 0.495 e. The summed E-state index contributed by atoms with van der Waals surface area (Å²) < 4.78 is 5.33. The van der Waals surface area contributed by atoms with Gasteiger partial charge in [0.25, 0.3) is 0 Å². The van der Waals surface area contributed by atoms with Gasteiger partial charge in [-0.2, -0.15) is 0 Å². The summed E-state index contributed by atoms with van der Waals surface area (Å²) in [4.78, 5) is 0. The van der Waals surface area contributed by atoms with Crippen molar-refractivity contribution in [3.05, 3.63) is 28.3 Å². The number of ether oxygens (including phenoxy) is 1. The summed E-state index contributed by atoms with van der Waals surface area (Å²) in [5.41, 5.74) is 2.69. The van der Waals surface area contributed by atoms with Gasteiger partial charge in [0.2, 0.25) is 0 Å². The van der Waals surface area contributed by atoms with E-state index in [4.69, 9.17) is 16.3 Å². The number of hydrogen-bond donors (Lipinski definition) is 1. The molecule has 0 aliphatic carbocycles. The van der Waals surface area contributed by atoms with E-state index in [9.17, 15) is 0 Å². The smallest absolute Gasteiger partial charge is 0.137 e. The lowest BCUT2D eigenvalue weighted by Gasteiger charge is -2.27. The maximum atomic E-state index is 6.27. The van der Waals surface area contributed by atoms with Gasteiger partial charge in [-0.1, -0.05) is 31.9 Å². The molecule has 1 fully saturated rings. The molecule has 1 heterocycles. The highest BCUT2D eigenvalue weighted by molar-refractivity contribution is 6.32. The fourth-order valence-electron chi connectivity index (χ4n) is 2.66. The predicted molar refractivity (Wildman–Crippen MR) is 76.7 cm³/mol. The monoisotopic (exact) mass is 267 g/mol. The van der Waals surface area contributed by atoms with E-state index in [1.165, 1.54) is 30.4 Å². The van der Waals surface area contributed by atoms with E-state index in [2.05, 4.69) is 31.3 Å². The van der Waals surface area contributed by atoms with Crippen LogP contribution in [-0.2, 0) is 0 Å². The number of piperidine rings is 1. The zero-order valence-electron chi connectivity index (χ0n) is 11.4. The third-order valence-corrected chi connectivity index (χ3v) is 3.96. The molecule has 0 saturated carbocycles. The minimum Gasteiger partial charge on any atom is -0.495 e. The van der Waals surface area contributed by atoms with Crippen molar-refractivity contribution in [2.75, 3.05) is 13.7 Å². The topological polar surface area (TPSA) is 21.3 Å². The van der Waals surface area contributed by atoms with Gasteiger partial charge >= 0.3 is 0 Å². The van der Waals surface area contributed by atoms with Gasteiger partial charge in [-0.05, 0) is 48.6 Å². The molecule has 1 aromatic rings. The number of nitrogens with one attached hydrogen (secondary N) is 1. The Labute approximate surface area is 115 Å². The summed E-state index contributed by atoms with van der Waals surface area (Å²) in [5.74, 6) is 1.26. The molecule has 1 aromatic carbocycles. The van der Waals surface area contributed by atoms with Gasteiger partial charge in [0.15, 0.2) is 0 Å². The Hall–Kier alpha value is -0.730. The first-order valence-electron chi connectivity index (χ1n) is 6.74. The minimum absolute atomic E-state index is 0.444. The van der Waals surface area contributed by atoms with Crippen LogP contribution in [0.4, 0.5) is 0 Å². The lowest BCUT2D eigenvalue weighted by molar-refractivity contribution is 0.403. The first-order valence-corrected chi connectivity index (χ1v) is 7.12. The molecular formula is C15H22ClNO. The van der Waals surface area contributed by atoms with Crippen LogP contribution in [0.5, 0.6) is 5.75 Å². The van der Waals surface area contributed by atoms with Crippen LogP contribution in [0.15, 0.2) is 12.1 Å². The van der Waals surface area contributed by atoms with Gasteiger partial charge in [-0.25, -0.2) is 0 Å². The standard InChI is InChI=1S/C15H22ClNO/c1-10(2)11-9-15(18-3)13(16)8-12(11)14-6-4-5-7-17-14/h8-10,14,17H,4-7H2,1-3H3. The first kappa shape index (κ1) is 13.7. The number of benzene rings is 1. The highest BCUT2D eigenvalue weighted by atomic mass is 35.5. The molecular weight excluding hydrogens is 246 g/mol. The molecule has 100 valence electrons. The van der Waals surface area contributed by atoms with Crippen LogP contribution in [0.1, 0.15) is 56.2 Å². The Morgan fingerprint density at radius 2 is 2.11 bits per heavy atom. The number of halogens is 1. The van der Waals surface area contributed by atoms with Crippen molar-refractivity contribution in [1.82, 2.24) is 5.32 Å². The van der Waals surface area contributed by atoms with E-state index >= 15 is 0 Å². The lowest BCUT2D eigenvalue weighted by Crippen LogP contribution is -2.27. The average molecular weight is 268 g/mol. The number of methoxy groups -OCH3 is 1. The summed E-state index contributed by atoms with van der Waals surface area (Å²) in [6, 6.07) is 4.62. The normalized spacial score (nSPS) is 20.2. The lowest BCUT2D eigenvalue weighted by atomic mass is 9.89. The third-order valence-electron chi connectivity index (χ3n) is 3.67. The molecule has 0 radical (unpaired) electrons. The maximum Gasteiger partial charge on any atom is 0.137 e. The molecule has 1 unspecified atom stereocenters. The van der Waals surface area contributed by atoms with Gasteiger partial charge in [0, 0.05) is 6.04 Å². The van der Waals surface area contributed by atoms with Crippen LogP contribution in [0.3, 0.4) is 0 Å². The molecule has 1 atom stereocenters. The molecule has 0 aromatic heterocycles. The van der Waals surface area contributed by atoms with Gasteiger partial charge in [-0.3, -0.25) is 0 Å². The Balaban J connectivity index is 2.40. The molecule has 2 nitrogen and oxygen atoms in total. The third kappa shape index (κ3) is 2.81. The zero-order valence-corrected chi connectivity index (χ0v) is 12.2. The fourth-order valence-corrected chi connectivity index (χ4v) is 2.91. The van der Waals surface area contributed by atoms with Crippen LogP contribution < -0.4 is 10.1 Å². The van der Waals surface area contributed by atoms with E-state index in [1.807, 2.05) is 0 Å². The van der Waals surface area contributed by atoms with Crippen molar-refractivity contribution in [3.63, 3.8) is 0 Å². The maximum absolute atomic E-state index is 6.27. The van der Waals surface area contributed by atoms with Gasteiger partial charge in [0.1, 0.15) is 5.75 Å². The quantitative estimate of drug-likeness (QED) is 0.882. The molecule has 0 bridgehead atoms. The predicted octanol–water partition coefficient (Wildman–Crippen LogP) is 4.29. The van der Waals surface area contributed by atoms with Crippen LogP contribution in [0.2, 0.25) is 5.02 Å². The number of rotatable bonds is 3. The summed E-state index contributed by atoms with van der Waals surface area (Å²) in [6.45, 7) is 5.54. The van der Waals surface area contributed by atoms with Crippen molar-refractivity contribution in [3.8, 4) is 5.75 Å². The van der Waals surface area contributed by atoms with E-state index < -0.39 is 0 Å². The van der Waals surface area contributed by atoms with Gasteiger partial charge in [0.05, 0.1) is 12.1 Å². The highest BCUT2D eigenvalue weighted by Gasteiger charge is 2.21. The zero-order chi connectivity index (χ0) is 13.1. The molecule has 3 heteroatoms. The summed E-state index contributed by atoms with van der Waals surface area (Å²) in [6.07, 6.45) is 3.76. The van der Waals surface area contributed by atoms with Crippen molar-refractivity contribution >= 4 is 11.6 Å². The first-order chi connectivity index (χ1) is 8.63. The van der Waals surface area contributed by atoms with Crippen LogP contribution in [0.25, 0.3) is 0 Å². The molecule has 1 aliphatic rings. The number of hydrogen-bond acceptors (Lipinski definition) is 2. The van der Waals surface area contributed by atoms with Gasteiger partial charge in [-0.15, -0.1) is 0 Å². The van der Waals surface area contributed by atoms with Crippen molar-refractivity contribution in [2.45, 2.75) is 45.1 Å². The fraction of sp³-hybridized carbons (Fsp3) is 0.600. The van der Waals surface area contributed by atoms with Crippen molar-refractivity contribution in [1.29, 1.82) is 0 Å². The minimum atomic E-state index is 0.444. The van der Waals surface area contributed by atoms with Crippen LogP contribution >= 0.6 is 11.6 Å². The molecule has 1 N–H and O–H groups in total. The summed E-state index contributed by atoms with van der Waals surface area (Å²) >= 11 is 6.27. The van der Waals surface area contributed by atoms with Crippen LogP contribution in [0, 0.1) is 0 Å². The molecule has 1 aliphatic heterocycles. The Bertz CT molecular complexity index is 411. The Kier molecular flexibility index (Phi) is 4.52.